The monoisotopic (exact) mass is 392 g/mol. The molecule has 0 radical (unpaired) electrons. The summed E-state index contributed by atoms with van der Waals surface area (Å²) in [6.07, 6.45) is 1.42. The minimum absolute atomic E-state index is 0.105. The topological polar surface area (TPSA) is 101 Å². The summed E-state index contributed by atoms with van der Waals surface area (Å²) in [6.45, 7) is 0.710. The summed E-state index contributed by atoms with van der Waals surface area (Å²) in [6, 6.07) is 6.86. The molecule has 0 aliphatic carbocycles. The number of methoxy groups -OCH3 is 1. The van der Waals surface area contributed by atoms with Gasteiger partial charge in [-0.3, -0.25) is 19.7 Å². The zero-order valence-corrected chi connectivity index (χ0v) is 15.6. The first-order chi connectivity index (χ1) is 12.6. The quantitative estimate of drug-likeness (QED) is 0.457. The lowest BCUT2D eigenvalue weighted by Gasteiger charge is -2.15. The van der Waals surface area contributed by atoms with Crippen molar-refractivity contribution >= 4 is 51.7 Å². The zero-order valence-electron chi connectivity index (χ0n) is 13.9. The van der Waals surface area contributed by atoms with Crippen LogP contribution >= 0.6 is 23.1 Å². The fourth-order valence-electron chi connectivity index (χ4n) is 2.38. The summed E-state index contributed by atoms with van der Waals surface area (Å²) < 4.78 is 5.12. The molecule has 26 heavy (non-hydrogen) atoms. The number of hydrogen-bond donors (Lipinski definition) is 1. The number of hydrogen-bond acceptors (Lipinski definition) is 8. The van der Waals surface area contributed by atoms with Crippen molar-refractivity contribution in [2.45, 2.75) is 17.2 Å². The molecule has 1 aromatic heterocycles. The molecule has 1 aromatic carbocycles. The smallest absolute Gasteiger partial charge is 0.316 e. The Labute approximate surface area is 157 Å². The van der Waals surface area contributed by atoms with Gasteiger partial charge in [-0.1, -0.05) is 23.1 Å². The number of rotatable bonds is 6. The van der Waals surface area contributed by atoms with Crippen molar-refractivity contribution in [3.8, 4) is 0 Å². The number of nitrogens with zero attached hydrogens (tertiary/aromatic N) is 3. The second kappa shape index (κ2) is 8.28. The highest BCUT2D eigenvalue weighted by molar-refractivity contribution is 8.01. The second-order valence-electron chi connectivity index (χ2n) is 5.39. The number of benzene rings is 1. The lowest BCUT2D eigenvalue weighted by Crippen LogP contribution is -2.23. The molecule has 2 aromatic rings. The van der Waals surface area contributed by atoms with E-state index >= 15 is 0 Å². The number of carbonyl (C=O) groups is 3. The first-order valence-electron chi connectivity index (χ1n) is 7.81. The van der Waals surface area contributed by atoms with Gasteiger partial charge in [-0.25, -0.2) is 0 Å². The number of esters is 1. The Hall–Kier alpha value is -2.46. The Kier molecular flexibility index (Phi) is 5.84. The van der Waals surface area contributed by atoms with Gasteiger partial charge in [0.05, 0.1) is 12.9 Å². The van der Waals surface area contributed by atoms with E-state index in [-0.39, 0.29) is 23.5 Å². The Balaban J connectivity index is 1.59. The van der Waals surface area contributed by atoms with Crippen LogP contribution < -0.4 is 10.2 Å². The maximum atomic E-state index is 12.3. The van der Waals surface area contributed by atoms with E-state index in [2.05, 4.69) is 20.3 Å². The number of thioether (sulfide) groups is 1. The van der Waals surface area contributed by atoms with Crippen molar-refractivity contribution < 1.29 is 19.1 Å². The van der Waals surface area contributed by atoms with Gasteiger partial charge in [0.25, 0.3) is 5.91 Å². The minimum atomic E-state index is -0.354. The summed E-state index contributed by atoms with van der Waals surface area (Å²) >= 11 is 2.38. The van der Waals surface area contributed by atoms with E-state index in [1.807, 2.05) is 0 Å². The SMILES string of the molecule is COC(=O)CSc1nnc(NC(=O)c2ccc(N3CCCC3=O)cc2)s1. The van der Waals surface area contributed by atoms with Crippen molar-refractivity contribution in [2.75, 3.05) is 29.6 Å². The van der Waals surface area contributed by atoms with Crippen LogP contribution in [0.2, 0.25) is 0 Å². The molecule has 0 atom stereocenters. The van der Waals surface area contributed by atoms with Gasteiger partial charge in [0, 0.05) is 24.2 Å². The van der Waals surface area contributed by atoms with Crippen LogP contribution in [0, 0.1) is 0 Å². The molecule has 2 heterocycles. The molecule has 0 saturated carbocycles. The normalized spacial score (nSPS) is 13.7. The summed E-state index contributed by atoms with van der Waals surface area (Å²) in [5.74, 6) is -0.430. The molecule has 0 spiro atoms. The molecule has 0 unspecified atom stereocenters. The van der Waals surface area contributed by atoms with Crippen molar-refractivity contribution in [1.82, 2.24) is 10.2 Å². The molecular formula is C16H16N4O4S2. The number of ether oxygens (including phenoxy) is 1. The van der Waals surface area contributed by atoms with Crippen LogP contribution in [0.15, 0.2) is 28.6 Å². The summed E-state index contributed by atoms with van der Waals surface area (Å²) in [5, 5.41) is 10.8. The predicted molar refractivity (Wildman–Crippen MR) is 98.6 cm³/mol. The number of aromatic nitrogens is 2. The molecule has 1 aliphatic rings. The van der Waals surface area contributed by atoms with Gasteiger partial charge < -0.3 is 9.64 Å². The lowest BCUT2D eigenvalue weighted by molar-refractivity contribution is -0.137. The zero-order chi connectivity index (χ0) is 18.5. The molecule has 1 saturated heterocycles. The molecule has 2 amide bonds. The molecule has 1 aliphatic heterocycles. The Morgan fingerprint density at radius 3 is 2.73 bits per heavy atom. The molecule has 8 nitrogen and oxygen atoms in total. The van der Waals surface area contributed by atoms with Crippen molar-refractivity contribution in [3.63, 3.8) is 0 Å². The van der Waals surface area contributed by atoms with Crippen LogP contribution in [-0.4, -0.2) is 47.4 Å². The van der Waals surface area contributed by atoms with Crippen LogP contribution in [-0.2, 0) is 14.3 Å². The van der Waals surface area contributed by atoms with Crippen LogP contribution in [0.1, 0.15) is 23.2 Å². The fraction of sp³-hybridized carbons (Fsp3) is 0.312. The Bertz CT molecular complexity index is 822. The number of anilines is 2. The van der Waals surface area contributed by atoms with Gasteiger partial charge in [0.15, 0.2) is 4.34 Å². The average molecular weight is 392 g/mol. The third-order valence-corrected chi connectivity index (χ3v) is 5.63. The van der Waals surface area contributed by atoms with E-state index in [9.17, 15) is 14.4 Å². The molecule has 3 rings (SSSR count). The van der Waals surface area contributed by atoms with Crippen LogP contribution in [0.4, 0.5) is 10.8 Å². The largest absolute Gasteiger partial charge is 0.468 e. The van der Waals surface area contributed by atoms with E-state index in [0.29, 0.717) is 28.0 Å². The molecule has 0 bridgehead atoms. The molecular weight excluding hydrogens is 376 g/mol. The van der Waals surface area contributed by atoms with Gasteiger partial charge in [-0.05, 0) is 30.7 Å². The summed E-state index contributed by atoms with van der Waals surface area (Å²) in [4.78, 5) is 36.9. The van der Waals surface area contributed by atoms with Gasteiger partial charge in [-0.15, -0.1) is 10.2 Å². The first-order valence-corrected chi connectivity index (χ1v) is 9.62. The lowest BCUT2D eigenvalue weighted by atomic mass is 10.2. The average Bonchev–Trinajstić information content (AvgIpc) is 3.28. The van der Waals surface area contributed by atoms with Gasteiger partial charge in [0.2, 0.25) is 11.0 Å². The van der Waals surface area contributed by atoms with E-state index in [4.69, 9.17) is 0 Å². The number of nitrogens with one attached hydrogen (secondary N) is 1. The van der Waals surface area contributed by atoms with Crippen molar-refractivity contribution in [3.05, 3.63) is 29.8 Å². The number of carbonyl (C=O) groups excluding carboxylic acids is 3. The Morgan fingerprint density at radius 1 is 1.31 bits per heavy atom. The molecule has 10 heteroatoms. The van der Waals surface area contributed by atoms with E-state index in [1.165, 1.54) is 30.2 Å². The maximum Gasteiger partial charge on any atom is 0.316 e. The Morgan fingerprint density at radius 2 is 2.08 bits per heavy atom. The summed E-state index contributed by atoms with van der Waals surface area (Å²) in [7, 11) is 1.32. The highest BCUT2D eigenvalue weighted by Crippen LogP contribution is 2.26. The molecule has 1 fully saturated rings. The van der Waals surface area contributed by atoms with E-state index < -0.39 is 0 Å². The van der Waals surface area contributed by atoms with Crippen LogP contribution in [0.25, 0.3) is 0 Å². The third-order valence-electron chi connectivity index (χ3n) is 3.68. The summed E-state index contributed by atoms with van der Waals surface area (Å²) in [5.41, 5.74) is 1.25. The van der Waals surface area contributed by atoms with Crippen LogP contribution in [0.3, 0.4) is 0 Å². The third kappa shape index (κ3) is 4.38. The molecule has 1 N–H and O–H groups in total. The first kappa shape index (κ1) is 18.3. The minimum Gasteiger partial charge on any atom is -0.468 e. The maximum absolute atomic E-state index is 12.3. The van der Waals surface area contributed by atoms with Gasteiger partial charge in [0.1, 0.15) is 0 Å². The van der Waals surface area contributed by atoms with Gasteiger partial charge in [-0.2, -0.15) is 0 Å². The number of amides is 2. The fourth-order valence-corrected chi connectivity index (χ4v) is 3.96. The highest BCUT2D eigenvalue weighted by Gasteiger charge is 2.21. The highest BCUT2D eigenvalue weighted by atomic mass is 32.2. The van der Waals surface area contributed by atoms with E-state index in [0.717, 1.165) is 12.1 Å². The molecule has 136 valence electrons. The van der Waals surface area contributed by atoms with E-state index in [1.54, 1.807) is 29.2 Å². The van der Waals surface area contributed by atoms with Crippen LogP contribution in [0.5, 0.6) is 0 Å². The second-order valence-corrected chi connectivity index (χ2v) is 7.59. The van der Waals surface area contributed by atoms with Crippen molar-refractivity contribution in [2.24, 2.45) is 0 Å². The standard InChI is InChI=1S/C16H16N4O4S2/c1-24-13(22)9-25-16-19-18-15(26-16)17-14(23)10-4-6-11(7-5-10)20-8-2-3-12(20)21/h4-7H,2-3,8-9H2,1H3,(H,17,18,23). The van der Waals surface area contributed by atoms with Gasteiger partial charge >= 0.3 is 5.97 Å². The van der Waals surface area contributed by atoms with Crippen molar-refractivity contribution in [1.29, 1.82) is 0 Å². The predicted octanol–water partition coefficient (Wildman–Crippen LogP) is 2.18.